The molecule has 1 unspecified atom stereocenters. The highest BCUT2D eigenvalue weighted by atomic mass is 35.5. The summed E-state index contributed by atoms with van der Waals surface area (Å²) in [5, 5.41) is 1.03. The largest absolute Gasteiger partial charge is 0.459 e. The monoisotopic (exact) mass is 291 g/mol. The number of rotatable bonds is 3. The Morgan fingerprint density at radius 2 is 2.30 bits per heavy atom. The number of hydrogen-bond donors (Lipinski definition) is 0. The molecule has 5 heteroatoms. The summed E-state index contributed by atoms with van der Waals surface area (Å²) in [5.74, 6) is -0.388. The van der Waals surface area contributed by atoms with Crippen LogP contribution in [-0.4, -0.2) is 30.3 Å². The molecule has 2 heterocycles. The molecule has 0 saturated carbocycles. The van der Waals surface area contributed by atoms with Crippen LogP contribution < -0.4 is 0 Å². The van der Waals surface area contributed by atoms with E-state index in [1.54, 1.807) is 6.07 Å². The standard InChI is InChI=1S/C15H14ClNO3/c16-14-8-12(11-5-1-2-6-13(11)17-14)15(18)20-9-10-4-3-7-19-10/h1-2,5-6,8,10H,3-4,7,9H2. The third-order valence-electron chi connectivity index (χ3n) is 3.33. The van der Waals surface area contributed by atoms with E-state index in [1.165, 1.54) is 0 Å². The lowest BCUT2D eigenvalue weighted by Gasteiger charge is -2.11. The van der Waals surface area contributed by atoms with Crippen LogP contribution in [0.4, 0.5) is 0 Å². The van der Waals surface area contributed by atoms with Crippen LogP contribution in [0, 0.1) is 0 Å². The molecule has 104 valence electrons. The highest BCUT2D eigenvalue weighted by Crippen LogP contribution is 2.22. The average molecular weight is 292 g/mol. The maximum atomic E-state index is 12.2. The predicted molar refractivity (Wildman–Crippen MR) is 76.0 cm³/mol. The first kappa shape index (κ1) is 13.3. The van der Waals surface area contributed by atoms with Crippen LogP contribution >= 0.6 is 11.6 Å². The number of halogens is 1. The molecule has 20 heavy (non-hydrogen) atoms. The highest BCUT2D eigenvalue weighted by molar-refractivity contribution is 6.30. The molecule has 1 aromatic heterocycles. The van der Waals surface area contributed by atoms with Crippen molar-refractivity contribution in [2.24, 2.45) is 0 Å². The smallest absolute Gasteiger partial charge is 0.339 e. The van der Waals surface area contributed by atoms with E-state index in [4.69, 9.17) is 21.1 Å². The number of hydrogen-bond acceptors (Lipinski definition) is 4. The molecular weight excluding hydrogens is 278 g/mol. The fraction of sp³-hybridized carbons (Fsp3) is 0.333. The fourth-order valence-corrected chi connectivity index (χ4v) is 2.53. The molecule has 1 aromatic carbocycles. The number of carbonyl (C=O) groups is 1. The van der Waals surface area contributed by atoms with Crippen molar-refractivity contribution in [3.05, 3.63) is 41.0 Å². The lowest BCUT2D eigenvalue weighted by Crippen LogP contribution is -2.18. The van der Waals surface area contributed by atoms with Gasteiger partial charge in [-0.3, -0.25) is 0 Å². The molecule has 1 aliphatic heterocycles. The van der Waals surface area contributed by atoms with Crippen LogP contribution in [0.1, 0.15) is 23.2 Å². The van der Waals surface area contributed by atoms with E-state index in [9.17, 15) is 4.79 Å². The van der Waals surface area contributed by atoms with Crippen molar-refractivity contribution >= 4 is 28.5 Å². The Kier molecular flexibility index (Phi) is 3.85. The Morgan fingerprint density at radius 1 is 1.45 bits per heavy atom. The summed E-state index contributed by atoms with van der Waals surface area (Å²) in [5.41, 5.74) is 1.13. The SMILES string of the molecule is O=C(OCC1CCCO1)c1cc(Cl)nc2ccccc12. The summed E-state index contributed by atoms with van der Waals surface area (Å²) in [6, 6.07) is 8.91. The Bertz CT molecular complexity index is 638. The summed E-state index contributed by atoms with van der Waals surface area (Å²) >= 11 is 5.95. The number of esters is 1. The number of carbonyl (C=O) groups excluding carboxylic acids is 1. The van der Waals surface area contributed by atoms with Gasteiger partial charge in [-0.2, -0.15) is 0 Å². The van der Waals surface area contributed by atoms with E-state index in [0.29, 0.717) is 11.1 Å². The first-order valence-corrected chi connectivity index (χ1v) is 6.96. The lowest BCUT2D eigenvalue weighted by atomic mass is 10.1. The van der Waals surface area contributed by atoms with Gasteiger partial charge in [-0.25, -0.2) is 9.78 Å². The predicted octanol–water partition coefficient (Wildman–Crippen LogP) is 3.22. The number of benzene rings is 1. The van der Waals surface area contributed by atoms with Gasteiger partial charge in [-0.15, -0.1) is 0 Å². The van der Waals surface area contributed by atoms with E-state index in [1.807, 2.05) is 24.3 Å². The summed E-state index contributed by atoms with van der Waals surface area (Å²) in [6.45, 7) is 1.03. The van der Waals surface area contributed by atoms with Crippen LogP contribution in [0.15, 0.2) is 30.3 Å². The summed E-state index contributed by atoms with van der Waals surface area (Å²) in [7, 11) is 0. The molecule has 3 rings (SSSR count). The maximum absolute atomic E-state index is 12.2. The Labute approximate surface area is 121 Å². The number of fused-ring (bicyclic) bond motifs is 1. The maximum Gasteiger partial charge on any atom is 0.339 e. The zero-order valence-electron chi connectivity index (χ0n) is 10.8. The summed E-state index contributed by atoms with van der Waals surface area (Å²) in [6.07, 6.45) is 1.97. The molecule has 0 N–H and O–H groups in total. The zero-order valence-corrected chi connectivity index (χ0v) is 11.6. The van der Waals surface area contributed by atoms with E-state index in [2.05, 4.69) is 4.98 Å². The van der Waals surface area contributed by atoms with Gasteiger partial charge in [0, 0.05) is 12.0 Å². The van der Waals surface area contributed by atoms with E-state index in [-0.39, 0.29) is 23.8 Å². The normalized spacial score (nSPS) is 18.4. The molecule has 1 atom stereocenters. The molecule has 0 amide bonds. The molecule has 0 radical (unpaired) electrons. The average Bonchev–Trinajstić information content (AvgIpc) is 2.97. The second kappa shape index (κ2) is 5.77. The van der Waals surface area contributed by atoms with Crippen molar-refractivity contribution in [3.8, 4) is 0 Å². The van der Waals surface area contributed by atoms with Crippen molar-refractivity contribution in [1.29, 1.82) is 0 Å². The van der Waals surface area contributed by atoms with Gasteiger partial charge in [0.25, 0.3) is 0 Å². The molecule has 1 saturated heterocycles. The van der Waals surface area contributed by atoms with Gasteiger partial charge in [0.15, 0.2) is 0 Å². The number of aromatic nitrogens is 1. The third-order valence-corrected chi connectivity index (χ3v) is 3.52. The van der Waals surface area contributed by atoms with Crippen molar-refractivity contribution in [2.45, 2.75) is 18.9 Å². The highest BCUT2D eigenvalue weighted by Gasteiger charge is 2.19. The van der Waals surface area contributed by atoms with Gasteiger partial charge in [-0.1, -0.05) is 29.8 Å². The molecule has 0 aliphatic carbocycles. The minimum atomic E-state index is -0.388. The second-order valence-corrected chi connectivity index (χ2v) is 5.13. The first-order chi connectivity index (χ1) is 9.74. The van der Waals surface area contributed by atoms with Crippen molar-refractivity contribution in [1.82, 2.24) is 4.98 Å². The third kappa shape index (κ3) is 2.76. The van der Waals surface area contributed by atoms with Gasteiger partial charge in [0.2, 0.25) is 0 Å². The minimum absolute atomic E-state index is 0.0162. The fourth-order valence-electron chi connectivity index (χ4n) is 2.33. The van der Waals surface area contributed by atoms with Gasteiger partial charge in [0.1, 0.15) is 11.8 Å². The molecule has 4 nitrogen and oxygen atoms in total. The van der Waals surface area contributed by atoms with Crippen LogP contribution in [0.5, 0.6) is 0 Å². The van der Waals surface area contributed by atoms with Crippen LogP contribution in [0.2, 0.25) is 5.15 Å². The Morgan fingerprint density at radius 3 is 3.10 bits per heavy atom. The molecule has 0 spiro atoms. The number of para-hydroxylation sites is 1. The Balaban J connectivity index is 1.83. The minimum Gasteiger partial charge on any atom is -0.459 e. The van der Waals surface area contributed by atoms with Gasteiger partial charge in [-0.05, 0) is 25.0 Å². The number of nitrogens with zero attached hydrogens (tertiary/aromatic N) is 1. The molecular formula is C15H14ClNO3. The lowest BCUT2D eigenvalue weighted by molar-refractivity contribution is 0.0163. The number of pyridine rings is 1. The zero-order chi connectivity index (χ0) is 13.9. The molecule has 2 aromatic rings. The molecule has 1 aliphatic rings. The van der Waals surface area contributed by atoms with E-state index in [0.717, 1.165) is 24.8 Å². The quantitative estimate of drug-likeness (QED) is 0.643. The van der Waals surface area contributed by atoms with E-state index < -0.39 is 0 Å². The molecule has 1 fully saturated rings. The van der Waals surface area contributed by atoms with Crippen molar-refractivity contribution < 1.29 is 14.3 Å². The second-order valence-electron chi connectivity index (χ2n) is 4.74. The first-order valence-electron chi connectivity index (χ1n) is 6.58. The van der Waals surface area contributed by atoms with Gasteiger partial charge >= 0.3 is 5.97 Å². The van der Waals surface area contributed by atoms with Gasteiger partial charge < -0.3 is 9.47 Å². The van der Waals surface area contributed by atoms with Crippen LogP contribution in [-0.2, 0) is 9.47 Å². The van der Waals surface area contributed by atoms with Gasteiger partial charge in [0.05, 0.1) is 17.2 Å². The summed E-state index contributed by atoms with van der Waals surface area (Å²) < 4.78 is 10.8. The number of ether oxygens (including phenoxy) is 2. The molecule has 0 bridgehead atoms. The van der Waals surface area contributed by atoms with Crippen LogP contribution in [0.25, 0.3) is 10.9 Å². The van der Waals surface area contributed by atoms with Crippen molar-refractivity contribution in [3.63, 3.8) is 0 Å². The van der Waals surface area contributed by atoms with Crippen molar-refractivity contribution in [2.75, 3.05) is 13.2 Å². The Hall–Kier alpha value is -1.65. The van der Waals surface area contributed by atoms with E-state index >= 15 is 0 Å². The summed E-state index contributed by atoms with van der Waals surface area (Å²) in [4.78, 5) is 16.4. The topological polar surface area (TPSA) is 48.4 Å². The van der Waals surface area contributed by atoms with Crippen LogP contribution in [0.3, 0.4) is 0 Å².